The van der Waals surface area contributed by atoms with Crippen molar-refractivity contribution in [3.8, 4) is 0 Å². The van der Waals surface area contributed by atoms with Gasteiger partial charge in [0.2, 0.25) is 0 Å². The van der Waals surface area contributed by atoms with Crippen LogP contribution in [-0.4, -0.2) is 22.1 Å². The third-order valence-corrected chi connectivity index (χ3v) is 3.21. The van der Waals surface area contributed by atoms with Crippen molar-refractivity contribution in [3.63, 3.8) is 0 Å². The van der Waals surface area contributed by atoms with Gasteiger partial charge in [-0.05, 0) is 18.1 Å². The molecule has 0 spiro atoms. The summed E-state index contributed by atoms with van der Waals surface area (Å²) < 4.78 is 0. The van der Waals surface area contributed by atoms with E-state index in [2.05, 4.69) is 0 Å². The van der Waals surface area contributed by atoms with Gasteiger partial charge in [-0.25, -0.2) is 0 Å². The lowest BCUT2D eigenvalue weighted by molar-refractivity contribution is -0.137. The minimum atomic E-state index is -1.73. The number of aliphatic hydroxyl groups excluding tert-OH is 1. The fourth-order valence-electron chi connectivity index (χ4n) is 2.16. The van der Waals surface area contributed by atoms with E-state index in [1.165, 1.54) is 6.92 Å². The maximum atomic E-state index is 11.5. The Morgan fingerprint density at radius 3 is 1.39 bits per heavy atom. The molecule has 2 rings (SSSR count). The molecule has 0 heterocycles. The largest absolute Gasteiger partial charge is 0.382 e. The first-order valence-electron chi connectivity index (χ1n) is 8.08. The lowest BCUT2D eigenvalue weighted by atomic mass is 9.80. The third kappa shape index (κ3) is 5.02. The molecule has 2 aromatic carbocycles. The molecule has 0 bridgehead atoms. The van der Waals surface area contributed by atoms with E-state index in [1.807, 2.05) is 39.8 Å². The predicted octanol–water partition coefficient (Wildman–Crippen LogP) is 3.92. The summed E-state index contributed by atoms with van der Waals surface area (Å²) >= 11 is 0. The van der Waals surface area contributed by atoms with Crippen LogP contribution in [0.5, 0.6) is 0 Å². The maximum absolute atomic E-state index is 11.5. The molecule has 1 atom stereocenters. The van der Waals surface area contributed by atoms with Gasteiger partial charge in [0.1, 0.15) is 11.7 Å². The van der Waals surface area contributed by atoms with Crippen molar-refractivity contribution in [1.82, 2.24) is 0 Å². The lowest BCUT2D eigenvalue weighted by Gasteiger charge is -2.32. The van der Waals surface area contributed by atoms with Crippen LogP contribution in [0.3, 0.4) is 0 Å². The number of hydrogen-bond donors (Lipinski definition) is 2. The number of carbonyl (C=O) groups is 1. The van der Waals surface area contributed by atoms with E-state index in [0.29, 0.717) is 11.1 Å². The summed E-state index contributed by atoms with van der Waals surface area (Å²) in [4.78, 5) is 11.5. The highest BCUT2D eigenvalue weighted by molar-refractivity contribution is 5.82. The quantitative estimate of drug-likeness (QED) is 0.898. The van der Waals surface area contributed by atoms with Crippen LogP contribution < -0.4 is 0 Å². The van der Waals surface area contributed by atoms with Gasteiger partial charge in [0.25, 0.3) is 0 Å². The highest BCUT2D eigenvalue weighted by atomic mass is 16.3. The monoisotopic (exact) mass is 316 g/mol. The van der Waals surface area contributed by atoms with Gasteiger partial charge >= 0.3 is 0 Å². The number of aliphatic hydroxyl groups is 2. The number of Topliss-reactive ketones (excluding diaryl/α,β-unsaturated/α-hetero) is 1. The average Bonchev–Trinajstić information content (AvgIpc) is 2.65. The van der Waals surface area contributed by atoms with Crippen LogP contribution >= 0.6 is 0 Å². The van der Waals surface area contributed by atoms with Crippen molar-refractivity contribution < 1.29 is 15.0 Å². The SMILES string of the molecule is CC.CC.CC(=O)[C@H](O)C(O)(c1ccccc1)c1ccccc1. The Morgan fingerprint density at radius 2 is 1.13 bits per heavy atom. The molecule has 0 amide bonds. The standard InChI is InChI=1S/C16H16O3.2C2H6/c1-12(17)15(18)16(19,13-8-4-2-5-9-13)14-10-6-3-7-11-14;2*1-2/h2-11,15,18-19H,1H3;2*1-2H3/t15-;;/m0../s1. The normalized spacial score (nSPS) is 11.3. The molecule has 0 saturated heterocycles. The Morgan fingerprint density at radius 1 is 0.826 bits per heavy atom. The zero-order valence-corrected chi connectivity index (χ0v) is 14.7. The Balaban J connectivity index is 0.00000112. The number of benzene rings is 2. The lowest BCUT2D eigenvalue weighted by Crippen LogP contribution is -2.44. The van der Waals surface area contributed by atoms with Gasteiger partial charge in [-0.3, -0.25) is 4.79 Å². The highest BCUT2D eigenvalue weighted by Gasteiger charge is 2.41. The van der Waals surface area contributed by atoms with Gasteiger partial charge < -0.3 is 10.2 Å². The Hall–Kier alpha value is -1.97. The molecule has 2 N–H and O–H groups in total. The topological polar surface area (TPSA) is 57.5 Å². The van der Waals surface area contributed by atoms with Crippen molar-refractivity contribution in [1.29, 1.82) is 0 Å². The molecule has 0 fully saturated rings. The van der Waals surface area contributed by atoms with Crippen LogP contribution in [0.25, 0.3) is 0 Å². The van der Waals surface area contributed by atoms with E-state index < -0.39 is 17.5 Å². The van der Waals surface area contributed by atoms with Crippen LogP contribution in [0.15, 0.2) is 60.7 Å². The zero-order valence-electron chi connectivity index (χ0n) is 14.7. The van der Waals surface area contributed by atoms with Crippen molar-refractivity contribution in [2.45, 2.75) is 46.3 Å². The van der Waals surface area contributed by atoms with Crippen molar-refractivity contribution in [2.75, 3.05) is 0 Å². The Labute approximate surface area is 139 Å². The molecule has 0 aromatic heterocycles. The number of rotatable bonds is 4. The summed E-state index contributed by atoms with van der Waals surface area (Å²) in [5, 5.41) is 21.1. The van der Waals surface area contributed by atoms with E-state index in [4.69, 9.17) is 0 Å². The maximum Gasteiger partial charge on any atom is 0.161 e. The van der Waals surface area contributed by atoms with Gasteiger partial charge in [-0.2, -0.15) is 0 Å². The minimum absolute atomic E-state index is 0.477. The third-order valence-electron chi connectivity index (χ3n) is 3.21. The van der Waals surface area contributed by atoms with E-state index >= 15 is 0 Å². The van der Waals surface area contributed by atoms with Gasteiger partial charge in [-0.15, -0.1) is 0 Å². The summed E-state index contributed by atoms with van der Waals surface area (Å²) in [6, 6.07) is 17.4. The molecule has 0 aliphatic heterocycles. The summed E-state index contributed by atoms with van der Waals surface area (Å²) in [7, 11) is 0. The molecular formula is C20H28O3. The van der Waals surface area contributed by atoms with Crippen LogP contribution in [0.2, 0.25) is 0 Å². The fourth-order valence-corrected chi connectivity index (χ4v) is 2.16. The molecular weight excluding hydrogens is 288 g/mol. The van der Waals surface area contributed by atoms with Crippen LogP contribution in [0.1, 0.15) is 45.7 Å². The molecule has 0 aliphatic carbocycles. The van der Waals surface area contributed by atoms with Crippen LogP contribution in [-0.2, 0) is 10.4 Å². The van der Waals surface area contributed by atoms with E-state index in [0.717, 1.165) is 0 Å². The summed E-state index contributed by atoms with van der Waals surface area (Å²) in [5.74, 6) is -0.477. The highest BCUT2D eigenvalue weighted by Crippen LogP contribution is 2.33. The molecule has 0 saturated carbocycles. The Bertz CT molecular complexity index is 510. The molecule has 0 radical (unpaired) electrons. The zero-order chi connectivity index (χ0) is 17.9. The second kappa shape index (κ2) is 10.7. The second-order valence-corrected chi connectivity index (χ2v) is 4.51. The van der Waals surface area contributed by atoms with Crippen molar-refractivity contribution in [2.24, 2.45) is 0 Å². The fraction of sp³-hybridized carbons (Fsp3) is 0.350. The number of ketones is 1. The number of hydrogen-bond acceptors (Lipinski definition) is 3. The van der Waals surface area contributed by atoms with Gasteiger partial charge in [0.15, 0.2) is 5.78 Å². The smallest absolute Gasteiger partial charge is 0.161 e. The average molecular weight is 316 g/mol. The summed E-state index contributed by atoms with van der Waals surface area (Å²) in [6.07, 6.45) is -1.50. The summed E-state index contributed by atoms with van der Waals surface area (Å²) in [5.41, 5.74) is -0.748. The predicted molar refractivity (Wildman–Crippen MR) is 95.3 cm³/mol. The molecule has 3 nitrogen and oxygen atoms in total. The molecule has 0 aliphatic rings. The first-order valence-corrected chi connectivity index (χ1v) is 8.08. The molecule has 2 aromatic rings. The molecule has 0 unspecified atom stereocenters. The van der Waals surface area contributed by atoms with E-state index in [1.54, 1.807) is 48.5 Å². The van der Waals surface area contributed by atoms with E-state index in [-0.39, 0.29) is 0 Å². The van der Waals surface area contributed by atoms with E-state index in [9.17, 15) is 15.0 Å². The molecule has 23 heavy (non-hydrogen) atoms. The van der Waals surface area contributed by atoms with Crippen molar-refractivity contribution >= 4 is 5.78 Å². The van der Waals surface area contributed by atoms with Gasteiger partial charge in [0, 0.05) is 0 Å². The second-order valence-electron chi connectivity index (χ2n) is 4.51. The van der Waals surface area contributed by atoms with Crippen molar-refractivity contribution in [3.05, 3.63) is 71.8 Å². The molecule has 126 valence electrons. The minimum Gasteiger partial charge on any atom is -0.382 e. The first-order chi connectivity index (χ1) is 11.1. The van der Waals surface area contributed by atoms with Crippen LogP contribution in [0, 0.1) is 0 Å². The van der Waals surface area contributed by atoms with Gasteiger partial charge in [-0.1, -0.05) is 88.4 Å². The number of carbonyl (C=O) groups excluding carboxylic acids is 1. The van der Waals surface area contributed by atoms with Gasteiger partial charge in [0.05, 0.1) is 0 Å². The Kier molecular flexibility index (Phi) is 9.79. The van der Waals surface area contributed by atoms with Crippen LogP contribution in [0.4, 0.5) is 0 Å². The molecule has 3 heteroatoms. The first kappa shape index (κ1) is 21.0. The summed E-state index contributed by atoms with van der Waals surface area (Å²) in [6.45, 7) is 9.27.